The van der Waals surface area contributed by atoms with Crippen LogP contribution in [0.5, 0.6) is 5.75 Å². The van der Waals surface area contributed by atoms with Crippen LogP contribution in [0.25, 0.3) is 0 Å². The topological polar surface area (TPSA) is 110 Å². The molecule has 4 rings (SSSR count). The van der Waals surface area contributed by atoms with Gasteiger partial charge in [0.1, 0.15) is 17.3 Å². The number of imide groups is 1. The van der Waals surface area contributed by atoms with E-state index in [1.165, 1.54) is 11.0 Å². The molecule has 8 nitrogen and oxygen atoms in total. The quantitative estimate of drug-likeness (QED) is 0.473. The summed E-state index contributed by atoms with van der Waals surface area (Å²) in [6.45, 7) is 6.28. The highest BCUT2D eigenvalue weighted by molar-refractivity contribution is 7.89. The summed E-state index contributed by atoms with van der Waals surface area (Å²) in [5, 5.41) is 5.01. The molecule has 1 saturated heterocycles. The molecule has 0 aromatic heterocycles. The molecular weight excluding hydrogens is 466 g/mol. The van der Waals surface area contributed by atoms with Gasteiger partial charge < -0.3 is 4.74 Å². The Balaban J connectivity index is 1.41. The molecule has 0 bridgehead atoms. The second kappa shape index (κ2) is 9.26. The Hall–Kier alpha value is -2.72. The van der Waals surface area contributed by atoms with E-state index in [4.69, 9.17) is 21.5 Å². The van der Waals surface area contributed by atoms with Crippen molar-refractivity contribution in [3.63, 3.8) is 0 Å². The number of halogens is 1. The van der Waals surface area contributed by atoms with Gasteiger partial charge in [-0.25, -0.2) is 13.6 Å². The molecule has 174 valence electrons. The van der Waals surface area contributed by atoms with Gasteiger partial charge in [0.25, 0.3) is 11.8 Å². The zero-order chi connectivity index (χ0) is 23.8. The van der Waals surface area contributed by atoms with E-state index in [9.17, 15) is 18.0 Å². The van der Waals surface area contributed by atoms with Gasteiger partial charge in [0.15, 0.2) is 0 Å². The first-order chi connectivity index (χ1) is 15.7. The van der Waals surface area contributed by atoms with E-state index in [-0.39, 0.29) is 27.1 Å². The van der Waals surface area contributed by atoms with Gasteiger partial charge in [-0.15, -0.1) is 0 Å². The Bertz CT molecular complexity index is 1210. The lowest BCUT2D eigenvalue weighted by molar-refractivity contribution is 0.0498. The fourth-order valence-electron chi connectivity index (χ4n) is 4.25. The number of amides is 2. The number of primary sulfonamides is 1. The molecule has 2 amide bonds. The molecule has 2 N–H and O–H groups in total. The number of likely N-dealkylation sites (tertiary alicyclic amines) is 1. The number of carbonyl (C=O) groups excluding carboxylic acids is 2. The molecule has 0 radical (unpaired) electrons. The first-order valence-corrected chi connectivity index (χ1v) is 12.4. The number of hydrogen-bond acceptors (Lipinski definition) is 6. The van der Waals surface area contributed by atoms with E-state index in [1.54, 1.807) is 6.08 Å². The molecule has 0 unspecified atom stereocenters. The molecule has 2 aliphatic rings. The predicted molar refractivity (Wildman–Crippen MR) is 124 cm³/mol. The summed E-state index contributed by atoms with van der Waals surface area (Å²) in [5.74, 6) is -0.176. The molecule has 0 atom stereocenters. The second-order valence-corrected chi connectivity index (χ2v) is 10.0. The Morgan fingerprint density at radius 2 is 1.70 bits per heavy atom. The smallest absolute Gasteiger partial charge is 0.261 e. The molecule has 0 aliphatic carbocycles. The van der Waals surface area contributed by atoms with Crippen LogP contribution in [0.15, 0.2) is 53.9 Å². The fourth-order valence-corrected chi connectivity index (χ4v) is 5.35. The lowest BCUT2D eigenvalue weighted by atomic mass is 10.0. The van der Waals surface area contributed by atoms with E-state index in [2.05, 4.69) is 11.5 Å². The van der Waals surface area contributed by atoms with Gasteiger partial charge in [-0.05, 0) is 42.7 Å². The summed E-state index contributed by atoms with van der Waals surface area (Å²) in [6.07, 6.45) is 2.95. The Morgan fingerprint density at radius 3 is 2.27 bits per heavy atom. The average Bonchev–Trinajstić information content (AvgIpc) is 3.02. The summed E-state index contributed by atoms with van der Waals surface area (Å²) in [4.78, 5) is 29.0. The van der Waals surface area contributed by atoms with Crippen LogP contribution in [0.1, 0.15) is 39.1 Å². The first kappa shape index (κ1) is 23.4. The minimum Gasteiger partial charge on any atom is -0.490 e. The van der Waals surface area contributed by atoms with E-state index >= 15 is 0 Å². The lowest BCUT2D eigenvalue weighted by Gasteiger charge is -2.35. The van der Waals surface area contributed by atoms with E-state index in [0.29, 0.717) is 19.4 Å². The van der Waals surface area contributed by atoms with Crippen molar-refractivity contribution in [3.05, 3.63) is 70.8 Å². The number of fused-ring (bicyclic) bond motifs is 1. The Labute approximate surface area is 197 Å². The molecule has 2 aromatic carbocycles. The van der Waals surface area contributed by atoms with Crippen LogP contribution in [0.4, 0.5) is 0 Å². The largest absolute Gasteiger partial charge is 0.490 e. The number of rotatable bonds is 7. The van der Waals surface area contributed by atoms with Crippen LogP contribution in [0.2, 0.25) is 5.02 Å². The number of piperidine rings is 1. The van der Waals surface area contributed by atoms with Crippen LogP contribution < -0.4 is 9.88 Å². The highest BCUT2D eigenvalue weighted by Crippen LogP contribution is 2.33. The number of nitrogens with zero attached hydrogens (tertiary/aromatic N) is 2. The summed E-state index contributed by atoms with van der Waals surface area (Å²) in [5.41, 5.74) is 1.28. The van der Waals surface area contributed by atoms with Gasteiger partial charge in [0.05, 0.1) is 16.1 Å². The van der Waals surface area contributed by atoms with E-state index in [0.717, 1.165) is 37.0 Å². The van der Waals surface area contributed by atoms with Crippen molar-refractivity contribution in [2.75, 3.05) is 19.7 Å². The van der Waals surface area contributed by atoms with Crippen molar-refractivity contribution < 1.29 is 22.7 Å². The molecule has 2 heterocycles. The van der Waals surface area contributed by atoms with Crippen LogP contribution in [-0.4, -0.2) is 55.8 Å². The van der Waals surface area contributed by atoms with Crippen LogP contribution in [0, 0.1) is 0 Å². The summed E-state index contributed by atoms with van der Waals surface area (Å²) >= 11 is 6.01. The fraction of sp³-hybridized carbons (Fsp3) is 0.304. The molecular formula is C23H24ClN3O5S. The second-order valence-electron chi connectivity index (χ2n) is 8.10. The minimum atomic E-state index is -4.12. The summed E-state index contributed by atoms with van der Waals surface area (Å²) < 4.78 is 29.0. The van der Waals surface area contributed by atoms with Gasteiger partial charge >= 0.3 is 0 Å². The van der Waals surface area contributed by atoms with Crippen LogP contribution in [0.3, 0.4) is 0 Å². The van der Waals surface area contributed by atoms with Crippen molar-refractivity contribution in [1.29, 1.82) is 0 Å². The third-order valence-corrected chi connectivity index (χ3v) is 7.27. The number of hydrogen-bond donors (Lipinski definition) is 1. The number of ether oxygens (including phenoxy) is 1. The molecule has 1 fully saturated rings. The molecule has 0 spiro atoms. The molecule has 0 saturated carbocycles. The van der Waals surface area contributed by atoms with Gasteiger partial charge in [-0.2, -0.15) is 0 Å². The van der Waals surface area contributed by atoms with Crippen LogP contribution >= 0.6 is 11.6 Å². The molecule has 33 heavy (non-hydrogen) atoms. The standard InChI is InChI=1S/C23H24ClN3O5S/c1-2-11-32-17-5-3-15(4-6-17)14-26-9-7-16(8-10-26)27-22(28)18-12-20(24)21(33(25,30)31)13-19(18)23(27)29/h2-6,12-13,16H,1,7-11,14H2,(H2,25,30,31). The van der Waals surface area contributed by atoms with Gasteiger partial charge in [-0.3, -0.25) is 19.4 Å². The van der Waals surface area contributed by atoms with Gasteiger partial charge in [0.2, 0.25) is 10.0 Å². The van der Waals surface area contributed by atoms with Crippen molar-refractivity contribution in [2.24, 2.45) is 5.14 Å². The summed E-state index contributed by atoms with van der Waals surface area (Å²) in [6, 6.07) is 9.93. The Kier molecular flexibility index (Phi) is 6.58. The van der Waals surface area contributed by atoms with Crippen molar-refractivity contribution in [2.45, 2.75) is 30.3 Å². The zero-order valence-electron chi connectivity index (χ0n) is 17.9. The third kappa shape index (κ3) is 4.81. The van der Waals surface area contributed by atoms with E-state index in [1.807, 2.05) is 24.3 Å². The van der Waals surface area contributed by atoms with Gasteiger partial charge in [-0.1, -0.05) is 36.4 Å². The first-order valence-electron chi connectivity index (χ1n) is 10.5. The highest BCUT2D eigenvalue weighted by atomic mass is 35.5. The van der Waals surface area contributed by atoms with Crippen molar-refractivity contribution in [1.82, 2.24) is 9.80 Å². The number of carbonyl (C=O) groups is 2. The number of sulfonamides is 1. The third-order valence-electron chi connectivity index (χ3n) is 5.90. The van der Waals surface area contributed by atoms with Gasteiger partial charge in [0, 0.05) is 25.7 Å². The van der Waals surface area contributed by atoms with Crippen molar-refractivity contribution in [3.8, 4) is 5.75 Å². The molecule has 10 heteroatoms. The Morgan fingerprint density at radius 1 is 1.09 bits per heavy atom. The maximum atomic E-state index is 13.0. The maximum Gasteiger partial charge on any atom is 0.261 e. The maximum absolute atomic E-state index is 13.0. The zero-order valence-corrected chi connectivity index (χ0v) is 19.4. The summed E-state index contributed by atoms with van der Waals surface area (Å²) in [7, 11) is -4.12. The number of benzene rings is 2. The van der Waals surface area contributed by atoms with E-state index < -0.39 is 21.8 Å². The minimum absolute atomic E-state index is 0.0228. The lowest BCUT2D eigenvalue weighted by Crippen LogP contribution is -2.47. The highest BCUT2D eigenvalue weighted by Gasteiger charge is 2.42. The molecule has 2 aromatic rings. The van der Waals surface area contributed by atoms with Crippen molar-refractivity contribution >= 4 is 33.4 Å². The normalized spacial score (nSPS) is 17.3. The predicted octanol–water partition coefficient (Wildman–Crippen LogP) is 2.81. The molecule has 2 aliphatic heterocycles. The average molecular weight is 490 g/mol. The SMILES string of the molecule is C=CCOc1ccc(CN2CCC(N3C(=O)c4cc(Cl)c(S(N)(=O)=O)cc4C3=O)CC2)cc1. The monoisotopic (exact) mass is 489 g/mol. The van der Waals surface area contributed by atoms with Crippen LogP contribution in [-0.2, 0) is 16.6 Å². The number of nitrogens with two attached hydrogens (primary N) is 1.